The first-order chi connectivity index (χ1) is 30.8. The van der Waals surface area contributed by atoms with E-state index in [1.165, 1.54) is 18.1 Å². The summed E-state index contributed by atoms with van der Waals surface area (Å²) < 4.78 is 13.1. The first kappa shape index (κ1) is 49.5. The average Bonchev–Trinajstić information content (AvgIpc) is 3.31. The van der Waals surface area contributed by atoms with Crippen LogP contribution >= 0.6 is 78.3 Å². The number of aliphatic hydroxyl groups is 1. The lowest BCUT2D eigenvalue weighted by molar-refractivity contribution is 0.125. The molecule has 2 heterocycles. The van der Waals surface area contributed by atoms with E-state index in [4.69, 9.17) is 55.9 Å². The highest BCUT2D eigenvalue weighted by molar-refractivity contribution is 9.11. The zero-order valence-electron chi connectivity index (χ0n) is 36.1. The summed E-state index contributed by atoms with van der Waals surface area (Å²) in [5.41, 5.74) is 5.43. The number of aromatic nitrogens is 2. The number of hydrogen-bond acceptors (Lipinski definition) is 5. The van der Waals surface area contributed by atoms with Crippen LogP contribution in [0.4, 0.5) is 0 Å². The third-order valence-electron chi connectivity index (χ3n) is 11.4. The van der Waals surface area contributed by atoms with Crippen molar-refractivity contribution >= 4 is 109 Å². The Kier molecular flexibility index (Phi) is 17.8. The van der Waals surface area contributed by atoms with E-state index in [9.17, 15) is 5.11 Å². The van der Waals surface area contributed by atoms with E-state index < -0.39 is 5.60 Å². The molecule has 5 nitrogen and oxygen atoms in total. The van der Waals surface area contributed by atoms with Crippen molar-refractivity contribution in [2.75, 3.05) is 14.2 Å². The summed E-state index contributed by atoms with van der Waals surface area (Å²) in [5, 5.41) is 16.5. The largest absolute Gasteiger partial charge is 0.494 e. The fourth-order valence-electron chi connectivity index (χ4n) is 7.72. The highest BCUT2D eigenvalue weighted by Gasteiger charge is 2.35. The molecule has 0 aliphatic heterocycles. The van der Waals surface area contributed by atoms with Gasteiger partial charge in [0.1, 0.15) is 28.1 Å². The van der Waals surface area contributed by atoms with Gasteiger partial charge in [0, 0.05) is 66.9 Å². The van der Waals surface area contributed by atoms with Gasteiger partial charge in [0.25, 0.3) is 0 Å². The lowest BCUT2D eigenvalue weighted by Gasteiger charge is -2.31. The van der Waals surface area contributed by atoms with Gasteiger partial charge in [-0.15, -0.1) is 0 Å². The molecule has 8 aromatic rings. The molecule has 0 saturated carbocycles. The van der Waals surface area contributed by atoms with E-state index in [2.05, 4.69) is 99.0 Å². The third-order valence-corrected chi connectivity index (χ3v) is 17.2. The van der Waals surface area contributed by atoms with E-state index in [-0.39, 0.29) is 14.7 Å². The molecule has 64 heavy (non-hydrogen) atoms. The minimum absolute atomic E-state index is 0.0000561. The highest BCUT2D eigenvalue weighted by Crippen LogP contribution is 2.43. The van der Waals surface area contributed by atoms with Gasteiger partial charge in [-0.3, -0.25) is 9.97 Å². The number of pyridine rings is 2. The van der Waals surface area contributed by atoms with Gasteiger partial charge in [-0.05, 0) is 118 Å². The molecule has 0 bridgehead atoms. The topological polar surface area (TPSA) is 64.5 Å². The molecule has 0 aliphatic carbocycles. The van der Waals surface area contributed by atoms with Crippen LogP contribution in [0.5, 0.6) is 11.5 Å². The maximum atomic E-state index is 12.1. The van der Waals surface area contributed by atoms with Gasteiger partial charge in [-0.25, -0.2) is 0 Å². The monoisotopic (exact) mass is 1070 g/mol. The van der Waals surface area contributed by atoms with Gasteiger partial charge >= 0.3 is 0 Å². The summed E-state index contributed by atoms with van der Waals surface area (Å²) >= 11 is 31.6. The van der Waals surface area contributed by atoms with Gasteiger partial charge in [0.2, 0.25) is 0 Å². The van der Waals surface area contributed by atoms with E-state index in [1.54, 1.807) is 50.9 Å². The van der Waals surface area contributed by atoms with Crippen molar-refractivity contribution in [3.8, 4) is 11.5 Å². The Labute approximate surface area is 414 Å². The number of hydrogen-bond donors (Lipinski definition) is 1. The molecular weight excluding hydrogens is 1030 g/mol. The van der Waals surface area contributed by atoms with Crippen molar-refractivity contribution in [3.05, 3.63) is 208 Å². The molecule has 330 valence electrons. The van der Waals surface area contributed by atoms with Crippen LogP contribution in [0.2, 0.25) is 38.2 Å². The first-order valence-corrected chi connectivity index (χ1v) is 26.4. The second-order valence-corrected chi connectivity index (χ2v) is 22.8. The molecule has 12 heteroatoms. The average molecular weight is 1080 g/mol. The molecule has 0 radical (unpaired) electrons. The molecule has 0 amide bonds. The Morgan fingerprint density at radius 1 is 0.516 bits per heavy atom. The van der Waals surface area contributed by atoms with Crippen LogP contribution in [0, 0.1) is 0 Å². The second-order valence-electron chi connectivity index (χ2n) is 15.1. The van der Waals surface area contributed by atoms with Crippen LogP contribution in [-0.2, 0) is 5.60 Å². The molecule has 0 atom stereocenters. The zero-order valence-corrected chi connectivity index (χ0v) is 43.4. The van der Waals surface area contributed by atoms with Crippen LogP contribution in [0.25, 0.3) is 21.8 Å². The molecule has 2 aromatic heterocycles. The van der Waals surface area contributed by atoms with E-state index in [0.717, 1.165) is 47.7 Å². The standard InChI is InChI=1S/C23H16BrCl2NO2.C23H16BrCl2NO.C6H16Si/c1-29-21-13-16(12-19-20(24)10-11-27-22(19)21)23(28,14-2-6-17(25)7-3-14)15-4-8-18(26)9-5-15;1-28-21-13-16(12-19-20(24)10-11-27-23(19)21)22(14-2-6-17(25)7-3-14)15-4-8-18(26)9-5-15;1-4-7(5-2)6-3/h2-13,28H,1H3;2-13,22H,1H3;7H,4-6H2,1-3H3. The molecular formula is C52H48Br2Cl4N2O3Si. The van der Waals surface area contributed by atoms with Gasteiger partial charge in [0.15, 0.2) is 0 Å². The summed E-state index contributed by atoms with van der Waals surface area (Å²) in [5.74, 6) is 1.31. The number of nitrogens with zero attached hydrogens (tertiary/aromatic N) is 2. The smallest absolute Gasteiger partial charge is 0.145 e. The number of benzene rings is 6. The molecule has 0 unspecified atom stereocenters. The maximum Gasteiger partial charge on any atom is 0.145 e. The Morgan fingerprint density at radius 3 is 1.27 bits per heavy atom. The van der Waals surface area contributed by atoms with Crippen molar-refractivity contribution < 1.29 is 14.6 Å². The predicted octanol–water partition coefficient (Wildman–Crippen LogP) is 16.4. The van der Waals surface area contributed by atoms with Crippen LogP contribution < -0.4 is 9.47 Å². The van der Waals surface area contributed by atoms with Crippen LogP contribution in [0.3, 0.4) is 0 Å². The molecule has 6 aromatic carbocycles. The summed E-state index contributed by atoms with van der Waals surface area (Å²) in [7, 11) is 3.08. The van der Waals surface area contributed by atoms with Gasteiger partial charge < -0.3 is 14.6 Å². The highest BCUT2D eigenvalue weighted by atomic mass is 79.9. The Morgan fingerprint density at radius 2 is 0.891 bits per heavy atom. The minimum atomic E-state index is -1.45. The number of fused-ring (bicyclic) bond motifs is 2. The number of methoxy groups -OCH3 is 2. The Balaban J connectivity index is 0.000000185. The van der Waals surface area contributed by atoms with E-state index >= 15 is 0 Å². The first-order valence-electron chi connectivity index (χ1n) is 20.8. The van der Waals surface area contributed by atoms with Crippen molar-refractivity contribution in [2.24, 2.45) is 0 Å². The predicted molar refractivity (Wildman–Crippen MR) is 279 cm³/mol. The molecule has 0 saturated heterocycles. The minimum Gasteiger partial charge on any atom is -0.494 e. The summed E-state index contributed by atoms with van der Waals surface area (Å²) in [4.78, 5) is 8.93. The number of ether oxygens (including phenoxy) is 2. The Hall–Kier alpha value is -3.96. The summed E-state index contributed by atoms with van der Waals surface area (Å²) in [6.07, 6.45) is 3.48. The van der Waals surface area contributed by atoms with Crippen LogP contribution in [0.1, 0.15) is 60.1 Å². The van der Waals surface area contributed by atoms with Gasteiger partial charge in [-0.1, -0.05) is 166 Å². The quantitative estimate of drug-likeness (QED) is 0.103. The van der Waals surface area contributed by atoms with Crippen LogP contribution in [0.15, 0.2) is 155 Å². The summed E-state index contributed by atoms with van der Waals surface area (Å²) in [6, 6.07) is 46.3. The molecule has 0 aliphatic rings. The van der Waals surface area contributed by atoms with Crippen molar-refractivity contribution in [1.29, 1.82) is 0 Å². The zero-order chi connectivity index (χ0) is 46.0. The third kappa shape index (κ3) is 11.5. The molecule has 0 spiro atoms. The van der Waals surface area contributed by atoms with E-state index in [0.29, 0.717) is 48.0 Å². The van der Waals surface area contributed by atoms with Gasteiger partial charge in [-0.2, -0.15) is 0 Å². The van der Waals surface area contributed by atoms with Crippen molar-refractivity contribution in [3.63, 3.8) is 0 Å². The number of halogens is 6. The second kappa shape index (κ2) is 23.0. The van der Waals surface area contributed by atoms with Gasteiger partial charge in [0.05, 0.1) is 14.2 Å². The normalized spacial score (nSPS) is 11.3. The Bertz CT molecular complexity index is 2700. The van der Waals surface area contributed by atoms with E-state index in [1.807, 2.05) is 72.8 Å². The fraction of sp³-hybridized carbons (Fsp3) is 0.192. The van der Waals surface area contributed by atoms with Crippen molar-refractivity contribution in [2.45, 2.75) is 50.4 Å². The molecule has 1 N–H and O–H groups in total. The van der Waals surface area contributed by atoms with Crippen molar-refractivity contribution in [1.82, 2.24) is 9.97 Å². The maximum absolute atomic E-state index is 12.1. The molecule has 8 rings (SSSR count). The lowest BCUT2D eigenvalue weighted by atomic mass is 9.80. The fourth-order valence-corrected chi connectivity index (χ4v) is 10.8. The SMILES string of the molecule is CC[SiH](CC)CC.COc1cc(C(O)(c2ccc(Cl)cc2)c2ccc(Cl)cc2)cc2c(Br)ccnc12.COc1cc(C(c2ccc(Cl)cc2)c2ccc(Cl)cc2)cc2c(Br)ccnc12. The lowest BCUT2D eigenvalue weighted by Crippen LogP contribution is -2.29. The summed E-state index contributed by atoms with van der Waals surface area (Å²) in [6.45, 7) is 6.97. The number of rotatable bonds is 11. The van der Waals surface area contributed by atoms with Crippen LogP contribution in [-0.4, -0.2) is 38.1 Å². The molecule has 0 fully saturated rings.